The van der Waals surface area contributed by atoms with Gasteiger partial charge >= 0.3 is 0 Å². The highest BCUT2D eigenvalue weighted by molar-refractivity contribution is 7.89. The van der Waals surface area contributed by atoms with Crippen molar-refractivity contribution >= 4 is 10.0 Å². The number of benzene rings is 1. The van der Waals surface area contributed by atoms with Gasteiger partial charge in [-0.05, 0) is 68.4 Å². The Hall–Kier alpha value is -2.78. The fourth-order valence-electron chi connectivity index (χ4n) is 3.82. The van der Waals surface area contributed by atoms with Gasteiger partial charge in [-0.25, -0.2) is 13.1 Å². The highest BCUT2D eigenvalue weighted by atomic mass is 32.2. The Balaban J connectivity index is 1.67. The summed E-state index contributed by atoms with van der Waals surface area (Å²) >= 11 is 0. The van der Waals surface area contributed by atoms with E-state index in [1.807, 2.05) is 6.07 Å². The van der Waals surface area contributed by atoms with E-state index in [9.17, 15) is 13.2 Å². The minimum Gasteiger partial charge on any atom is -0.334 e. The molecule has 4 rings (SSSR count). The molecular formula is C22H26N4O4S. The van der Waals surface area contributed by atoms with Crippen LogP contribution in [0, 0.1) is 5.41 Å². The van der Waals surface area contributed by atoms with Gasteiger partial charge in [0, 0.05) is 17.3 Å². The fourth-order valence-corrected chi connectivity index (χ4v) is 5.12. The first-order valence-electron chi connectivity index (χ1n) is 10.3. The third kappa shape index (κ3) is 4.47. The summed E-state index contributed by atoms with van der Waals surface area (Å²) in [6.07, 6.45) is 2.73. The molecule has 0 saturated heterocycles. The van der Waals surface area contributed by atoms with Gasteiger partial charge in [-0.1, -0.05) is 25.1 Å². The highest BCUT2D eigenvalue weighted by Gasteiger charge is 2.27. The molecule has 1 aliphatic rings. The van der Waals surface area contributed by atoms with Crippen LogP contribution < -0.4 is 10.3 Å². The molecule has 0 unspecified atom stereocenters. The SMILES string of the molecule is CC(C)NS(=O)(=O)c1cccc(-c2nc(-c3cc4c([nH]c3=O)CC(C)(C)CC4)no2)c1. The molecule has 0 amide bonds. The van der Waals surface area contributed by atoms with Crippen LogP contribution in [0.1, 0.15) is 45.4 Å². The van der Waals surface area contributed by atoms with Gasteiger partial charge in [-0.2, -0.15) is 4.98 Å². The lowest BCUT2D eigenvalue weighted by Crippen LogP contribution is -2.30. The number of rotatable bonds is 5. The standard InChI is InChI=1S/C22H26N4O4S/c1-13(2)26-31(28,29)16-7-5-6-15(10-16)21-24-19(25-30-21)17-11-14-8-9-22(3,4)12-18(14)23-20(17)27/h5-7,10-11,13,26H,8-9,12H2,1-4H3,(H,23,27). The van der Waals surface area contributed by atoms with Crippen LogP contribution in [0.2, 0.25) is 0 Å². The molecule has 164 valence electrons. The van der Waals surface area contributed by atoms with Gasteiger partial charge in [0.25, 0.3) is 11.4 Å². The average molecular weight is 443 g/mol. The second kappa shape index (κ2) is 7.72. The lowest BCUT2D eigenvalue weighted by Gasteiger charge is -2.30. The molecule has 2 heterocycles. The molecule has 8 nitrogen and oxygen atoms in total. The normalized spacial score (nSPS) is 15.8. The number of H-pyrrole nitrogens is 1. The van der Waals surface area contributed by atoms with Gasteiger partial charge in [0.1, 0.15) is 0 Å². The predicted octanol–water partition coefficient (Wildman–Crippen LogP) is 3.29. The molecule has 0 saturated carbocycles. The maximum Gasteiger partial charge on any atom is 0.259 e. The number of aryl methyl sites for hydroxylation is 1. The first-order valence-corrected chi connectivity index (χ1v) is 11.7. The van der Waals surface area contributed by atoms with Crippen molar-refractivity contribution in [1.29, 1.82) is 0 Å². The molecule has 31 heavy (non-hydrogen) atoms. The van der Waals surface area contributed by atoms with E-state index in [0.717, 1.165) is 30.5 Å². The van der Waals surface area contributed by atoms with Crippen molar-refractivity contribution in [2.75, 3.05) is 0 Å². The number of nitrogens with one attached hydrogen (secondary N) is 2. The van der Waals surface area contributed by atoms with Crippen LogP contribution in [0.5, 0.6) is 0 Å². The van der Waals surface area contributed by atoms with Crippen LogP contribution in [-0.4, -0.2) is 29.6 Å². The second-order valence-electron chi connectivity index (χ2n) is 9.08. The number of sulfonamides is 1. The molecular weight excluding hydrogens is 416 g/mol. The smallest absolute Gasteiger partial charge is 0.259 e. The molecule has 2 N–H and O–H groups in total. The number of hydrogen-bond donors (Lipinski definition) is 2. The van der Waals surface area contributed by atoms with Gasteiger partial charge in [-0.15, -0.1) is 0 Å². The number of pyridine rings is 1. The zero-order valence-electron chi connectivity index (χ0n) is 18.0. The number of fused-ring (bicyclic) bond motifs is 1. The Bertz CT molecular complexity index is 1290. The van der Waals surface area contributed by atoms with E-state index < -0.39 is 10.0 Å². The van der Waals surface area contributed by atoms with E-state index in [-0.39, 0.29) is 33.6 Å². The summed E-state index contributed by atoms with van der Waals surface area (Å²) in [5, 5.41) is 3.97. The topological polar surface area (TPSA) is 118 Å². The summed E-state index contributed by atoms with van der Waals surface area (Å²) < 4.78 is 32.8. The van der Waals surface area contributed by atoms with E-state index in [2.05, 4.69) is 33.7 Å². The largest absolute Gasteiger partial charge is 0.334 e. The summed E-state index contributed by atoms with van der Waals surface area (Å²) in [6, 6.07) is 7.88. The quantitative estimate of drug-likeness (QED) is 0.626. The minimum absolute atomic E-state index is 0.104. The fraction of sp³-hybridized carbons (Fsp3) is 0.409. The third-order valence-electron chi connectivity index (χ3n) is 5.39. The Labute approximate surface area is 181 Å². The van der Waals surface area contributed by atoms with E-state index in [1.54, 1.807) is 26.0 Å². The number of aromatic nitrogens is 3. The van der Waals surface area contributed by atoms with Crippen LogP contribution in [0.15, 0.2) is 44.5 Å². The first-order chi connectivity index (χ1) is 14.5. The van der Waals surface area contributed by atoms with Crippen LogP contribution in [0.3, 0.4) is 0 Å². The maximum absolute atomic E-state index is 12.7. The molecule has 2 aromatic heterocycles. The lowest BCUT2D eigenvalue weighted by atomic mass is 9.76. The monoisotopic (exact) mass is 442 g/mol. The van der Waals surface area contributed by atoms with E-state index in [1.165, 1.54) is 12.1 Å². The second-order valence-corrected chi connectivity index (χ2v) is 10.8. The van der Waals surface area contributed by atoms with Gasteiger partial charge in [-0.3, -0.25) is 4.79 Å². The van der Waals surface area contributed by atoms with Crippen LogP contribution in [0.25, 0.3) is 22.8 Å². The van der Waals surface area contributed by atoms with Gasteiger partial charge in [0.2, 0.25) is 15.8 Å². The van der Waals surface area contributed by atoms with Crippen LogP contribution in [0.4, 0.5) is 0 Å². The summed E-state index contributed by atoms with van der Waals surface area (Å²) in [6.45, 7) is 7.89. The first kappa shape index (κ1) is 21.5. The Morgan fingerprint density at radius 3 is 2.74 bits per heavy atom. The summed E-state index contributed by atoms with van der Waals surface area (Å²) in [4.78, 5) is 20.1. The number of aromatic amines is 1. The Kier molecular flexibility index (Phi) is 5.35. The summed E-state index contributed by atoms with van der Waals surface area (Å²) in [5.74, 6) is 0.326. The van der Waals surface area contributed by atoms with Gasteiger partial charge in [0.05, 0.1) is 10.5 Å². The molecule has 0 atom stereocenters. The van der Waals surface area contributed by atoms with Crippen molar-refractivity contribution in [3.8, 4) is 22.8 Å². The molecule has 0 radical (unpaired) electrons. The van der Waals surface area contributed by atoms with Crippen LogP contribution in [-0.2, 0) is 22.9 Å². The molecule has 0 fully saturated rings. The van der Waals surface area contributed by atoms with E-state index in [0.29, 0.717) is 11.1 Å². The van der Waals surface area contributed by atoms with Crippen molar-refractivity contribution < 1.29 is 12.9 Å². The van der Waals surface area contributed by atoms with Crippen molar-refractivity contribution in [2.24, 2.45) is 5.41 Å². The van der Waals surface area contributed by atoms with Gasteiger partial charge in [0.15, 0.2) is 0 Å². The number of nitrogens with zero attached hydrogens (tertiary/aromatic N) is 2. The minimum atomic E-state index is -3.66. The van der Waals surface area contributed by atoms with Crippen LogP contribution >= 0.6 is 0 Å². The molecule has 1 aromatic carbocycles. The molecule has 0 aliphatic heterocycles. The Morgan fingerprint density at radius 1 is 1.23 bits per heavy atom. The van der Waals surface area contributed by atoms with Crippen molar-refractivity contribution in [2.45, 2.75) is 57.9 Å². The average Bonchev–Trinajstić information content (AvgIpc) is 3.16. The number of hydrogen-bond acceptors (Lipinski definition) is 6. The van der Waals surface area contributed by atoms with Gasteiger partial charge < -0.3 is 9.51 Å². The molecule has 1 aliphatic carbocycles. The Morgan fingerprint density at radius 2 is 2.00 bits per heavy atom. The molecule has 9 heteroatoms. The van der Waals surface area contributed by atoms with Crippen molar-refractivity contribution in [1.82, 2.24) is 19.8 Å². The molecule has 0 bridgehead atoms. The lowest BCUT2D eigenvalue weighted by molar-refractivity contribution is 0.310. The van der Waals surface area contributed by atoms with Crippen molar-refractivity contribution in [3.05, 3.63) is 51.9 Å². The highest BCUT2D eigenvalue weighted by Crippen LogP contribution is 2.34. The zero-order chi connectivity index (χ0) is 22.4. The predicted molar refractivity (Wildman–Crippen MR) is 117 cm³/mol. The maximum atomic E-state index is 12.7. The third-order valence-corrected chi connectivity index (χ3v) is 7.05. The van der Waals surface area contributed by atoms with E-state index in [4.69, 9.17) is 4.52 Å². The zero-order valence-corrected chi connectivity index (χ0v) is 18.8. The molecule has 3 aromatic rings. The molecule has 0 spiro atoms. The summed E-state index contributed by atoms with van der Waals surface area (Å²) in [7, 11) is -3.66. The van der Waals surface area contributed by atoms with E-state index >= 15 is 0 Å². The summed E-state index contributed by atoms with van der Waals surface area (Å²) in [5.41, 5.74) is 2.76. The van der Waals surface area contributed by atoms with Crippen molar-refractivity contribution in [3.63, 3.8) is 0 Å².